The van der Waals surface area contributed by atoms with Crippen LogP contribution in [0.2, 0.25) is 0 Å². The number of benzene rings is 1. The maximum atomic E-state index is 5.54. The van der Waals surface area contributed by atoms with Crippen LogP contribution in [0.5, 0.6) is 11.5 Å². The summed E-state index contributed by atoms with van der Waals surface area (Å²) in [4.78, 5) is 0. The largest absolute Gasteiger partial charge is 0.454 e. The van der Waals surface area contributed by atoms with Gasteiger partial charge in [0.15, 0.2) is 11.5 Å². The summed E-state index contributed by atoms with van der Waals surface area (Å²) in [5.74, 6) is 2.50. The standard InChI is InChI=1S/C16H23NO2/c1-4-11(5-2)16-13-8-15-14(18-9-19-15)7-12(13)6-10(3)17-16/h7-8,10-11,16-17H,4-6,9H2,1-3H3. The summed E-state index contributed by atoms with van der Waals surface area (Å²) in [5, 5.41) is 3.77. The van der Waals surface area contributed by atoms with Gasteiger partial charge in [-0.3, -0.25) is 0 Å². The van der Waals surface area contributed by atoms with Crippen LogP contribution in [0.4, 0.5) is 0 Å². The van der Waals surface area contributed by atoms with E-state index < -0.39 is 0 Å². The van der Waals surface area contributed by atoms with Crippen molar-refractivity contribution in [2.75, 3.05) is 6.79 Å². The van der Waals surface area contributed by atoms with Crippen LogP contribution in [0.1, 0.15) is 50.8 Å². The zero-order chi connectivity index (χ0) is 13.4. The van der Waals surface area contributed by atoms with E-state index in [1.54, 1.807) is 0 Å². The quantitative estimate of drug-likeness (QED) is 0.904. The maximum Gasteiger partial charge on any atom is 0.231 e. The van der Waals surface area contributed by atoms with Crippen molar-refractivity contribution in [3.05, 3.63) is 23.3 Å². The molecule has 0 saturated heterocycles. The third-order valence-electron chi connectivity index (χ3n) is 4.48. The van der Waals surface area contributed by atoms with Gasteiger partial charge in [-0.1, -0.05) is 26.7 Å². The van der Waals surface area contributed by atoms with Crippen molar-refractivity contribution in [1.29, 1.82) is 0 Å². The number of nitrogens with one attached hydrogen (secondary N) is 1. The van der Waals surface area contributed by atoms with Gasteiger partial charge in [-0.15, -0.1) is 0 Å². The fourth-order valence-electron chi connectivity index (χ4n) is 3.40. The Morgan fingerprint density at radius 2 is 1.89 bits per heavy atom. The van der Waals surface area contributed by atoms with Crippen molar-refractivity contribution in [2.24, 2.45) is 5.92 Å². The van der Waals surface area contributed by atoms with Gasteiger partial charge in [0.25, 0.3) is 0 Å². The first-order chi connectivity index (χ1) is 9.22. The van der Waals surface area contributed by atoms with E-state index in [4.69, 9.17) is 9.47 Å². The number of rotatable bonds is 3. The summed E-state index contributed by atoms with van der Waals surface area (Å²) >= 11 is 0. The topological polar surface area (TPSA) is 30.5 Å². The van der Waals surface area contributed by atoms with Crippen molar-refractivity contribution >= 4 is 0 Å². The molecule has 0 aromatic heterocycles. The molecule has 0 aliphatic carbocycles. The molecule has 1 N–H and O–H groups in total. The molecule has 2 aliphatic rings. The fraction of sp³-hybridized carbons (Fsp3) is 0.625. The Bertz CT molecular complexity index is 468. The molecule has 0 amide bonds. The molecular weight excluding hydrogens is 238 g/mol. The van der Waals surface area contributed by atoms with E-state index in [9.17, 15) is 0 Å². The van der Waals surface area contributed by atoms with Crippen LogP contribution in [-0.2, 0) is 6.42 Å². The zero-order valence-electron chi connectivity index (χ0n) is 12.0. The molecule has 0 saturated carbocycles. The lowest BCUT2D eigenvalue weighted by Gasteiger charge is -2.36. The molecule has 2 atom stereocenters. The van der Waals surface area contributed by atoms with Crippen LogP contribution in [0.3, 0.4) is 0 Å². The summed E-state index contributed by atoms with van der Waals surface area (Å²) < 4.78 is 11.0. The summed E-state index contributed by atoms with van der Waals surface area (Å²) in [6.45, 7) is 7.18. The van der Waals surface area contributed by atoms with E-state index in [1.165, 1.54) is 24.0 Å². The fourth-order valence-corrected chi connectivity index (χ4v) is 3.40. The van der Waals surface area contributed by atoms with Crippen molar-refractivity contribution < 1.29 is 9.47 Å². The lowest BCUT2D eigenvalue weighted by atomic mass is 9.81. The molecule has 0 fully saturated rings. The molecule has 3 heteroatoms. The molecule has 0 bridgehead atoms. The van der Waals surface area contributed by atoms with Crippen LogP contribution < -0.4 is 14.8 Å². The number of hydrogen-bond donors (Lipinski definition) is 1. The van der Waals surface area contributed by atoms with Crippen LogP contribution in [0.25, 0.3) is 0 Å². The molecule has 2 heterocycles. The van der Waals surface area contributed by atoms with E-state index in [0.29, 0.717) is 24.8 Å². The highest BCUT2D eigenvalue weighted by Gasteiger charge is 2.31. The lowest BCUT2D eigenvalue weighted by molar-refractivity contribution is 0.174. The van der Waals surface area contributed by atoms with Crippen LogP contribution in [-0.4, -0.2) is 12.8 Å². The normalized spacial score (nSPS) is 24.6. The molecule has 104 valence electrons. The van der Waals surface area contributed by atoms with Crippen molar-refractivity contribution in [1.82, 2.24) is 5.32 Å². The Hall–Kier alpha value is -1.22. The Morgan fingerprint density at radius 3 is 2.58 bits per heavy atom. The second kappa shape index (κ2) is 5.04. The van der Waals surface area contributed by atoms with Gasteiger partial charge in [-0.05, 0) is 42.5 Å². The molecule has 0 spiro atoms. The highest BCUT2D eigenvalue weighted by molar-refractivity contribution is 5.51. The molecular formula is C16H23NO2. The molecule has 19 heavy (non-hydrogen) atoms. The van der Waals surface area contributed by atoms with Crippen LogP contribution in [0.15, 0.2) is 12.1 Å². The minimum Gasteiger partial charge on any atom is -0.454 e. The minimum atomic E-state index is 0.358. The monoisotopic (exact) mass is 261 g/mol. The Labute approximate surface area is 115 Å². The van der Waals surface area contributed by atoms with Crippen molar-refractivity contribution in [2.45, 2.75) is 52.1 Å². The van der Waals surface area contributed by atoms with E-state index in [1.807, 2.05) is 0 Å². The average molecular weight is 261 g/mol. The highest BCUT2D eigenvalue weighted by Crippen LogP contribution is 2.41. The smallest absolute Gasteiger partial charge is 0.231 e. The second-order valence-corrected chi connectivity index (χ2v) is 5.73. The lowest BCUT2D eigenvalue weighted by Crippen LogP contribution is -2.40. The second-order valence-electron chi connectivity index (χ2n) is 5.73. The van der Waals surface area contributed by atoms with Gasteiger partial charge in [0.05, 0.1) is 0 Å². The SMILES string of the molecule is CCC(CC)C1NC(C)Cc2cc3c(cc21)OCO3. The first-order valence-corrected chi connectivity index (χ1v) is 7.41. The van der Waals surface area contributed by atoms with E-state index in [0.717, 1.165) is 17.9 Å². The first kappa shape index (κ1) is 12.8. The van der Waals surface area contributed by atoms with Gasteiger partial charge in [-0.2, -0.15) is 0 Å². The van der Waals surface area contributed by atoms with Gasteiger partial charge in [0, 0.05) is 12.1 Å². The van der Waals surface area contributed by atoms with Crippen LogP contribution in [0, 0.1) is 5.92 Å². The predicted molar refractivity (Wildman–Crippen MR) is 75.7 cm³/mol. The maximum absolute atomic E-state index is 5.54. The Balaban J connectivity index is 2.02. The van der Waals surface area contributed by atoms with Gasteiger partial charge in [0.2, 0.25) is 6.79 Å². The van der Waals surface area contributed by atoms with E-state index in [2.05, 4.69) is 38.2 Å². The molecule has 2 aliphatic heterocycles. The molecule has 1 aromatic carbocycles. The van der Waals surface area contributed by atoms with Gasteiger partial charge < -0.3 is 14.8 Å². The zero-order valence-corrected chi connectivity index (χ0v) is 12.0. The van der Waals surface area contributed by atoms with Gasteiger partial charge >= 0.3 is 0 Å². The summed E-state index contributed by atoms with van der Waals surface area (Å²) in [6.07, 6.45) is 3.48. The third kappa shape index (κ3) is 2.20. The highest BCUT2D eigenvalue weighted by atomic mass is 16.7. The summed E-state index contributed by atoms with van der Waals surface area (Å²) in [6, 6.07) is 5.35. The predicted octanol–water partition coefficient (Wildman–Crippen LogP) is 3.43. The van der Waals surface area contributed by atoms with Crippen LogP contribution >= 0.6 is 0 Å². The first-order valence-electron chi connectivity index (χ1n) is 7.41. The van der Waals surface area contributed by atoms with Crippen molar-refractivity contribution in [3.63, 3.8) is 0 Å². The summed E-state index contributed by atoms with van der Waals surface area (Å²) in [7, 11) is 0. The van der Waals surface area contributed by atoms with Gasteiger partial charge in [-0.25, -0.2) is 0 Å². The molecule has 3 rings (SSSR count). The number of ether oxygens (including phenoxy) is 2. The van der Waals surface area contributed by atoms with E-state index >= 15 is 0 Å². The number of fused-ring (bicyclic) bond motifs is 2. The van der Waals surface area contributed by atoms with E-state index in [-0.39, 0.29) is 0 Å². The van der Waals surface area contributed by atoms with Gasteiger partial charge in [0.1, 0.15) is 0 Å². The Kier molecular flexibility index (Phi) is 3.40. The summed E-state index contributed by atoms with van der Waals surface area (Å²) in [5.41, 5.74) is 2.84. The molecule has 2 unspecified atom stereocenters. The number of hydrogen-bond acceptors (Lipinski definition) is 3. The Morgan fingerprint density at radius 1 is 1.21 bits per heavy atom. The minimum absolute atomic E-state index is 0.358. The molecule has 1 aromatic rings. The third-order valence-corrected chi connectivity index (χ3v) is 4.48. The van der Waals surface area contributed by atoms with Crippen molar-refractivity contribution in [3.8, 4) is 11.5 Å². The molecule has 3 nitrogen and oxygen atoms in total. The average Bonchev–Trinajstić information content (AvgIpc) is 2.84. The molecule has 0 radical (unpaired) electrons.